The first-order valence-corrected chi connectivity index (χ1v) is 4.86. The zero-order valence-corrected chi connectivity index (χ0v) is 8.98. The van der Waals surface area contributed by atoms with Crippen molar-refractivity contribution in [3.8, 4) is 23.7 Å². The highest BCUT2D eigenvalue weighted by atomic mass is 15.1. The van der Waals surface area contributed by atoms with Crippen LogP contribution in [0, 0.1) is 23.7 Å². The molecule has 0 saturated heterocycles. The van der Waals surface area contributed by atoms with Crippen LogP contribution in [0.5, 0.6) is 0 Å². The molecule has 0 aromatic rings. The zero-order valence-electron chi connectivity index (χ0n) is 8.98. The molecule has 72 valence electrons. The molecule has 0 spiro atoms. The quantitative estimate of drug-likeness (QED) is 0.581. The Hall–Kier alpha value is -0.920. The van der Waals surface area contributed by atoms with E-state index in [4.69, 9.17) is 0 Å². The van der Waals surface area contributed by atoms with Gasteiger partial charge in [-0.25, -0.2) is 0 Å². The first-order valence-electron chi connectivity index (χ1n) is 4.86. The standard InChI is InChI=1S/C12H19N/c1-4-7-10-13(11-8-5-2)12-9-6-3/h4,7,10-12H2,1-3H3. The molecule has 0 aromatic carbocycles. The van der Waals surface area contributed by atoms with Gasteiger partial charge >= 0.3 is 0 Å². The fraction of sp³-hybridized carbons (Fsp3) is 0.667. The average Bonchev–Trinajstić information content (AvgIpc) is 2.17. The highest BCUT2D eigenvalue weighted by Crippen LogP contribution is 1.93. The van der Waals surface area contributed by atoms with Crippen molar-refractivity contribution < 1.29 is 0 Å². The molecule has 0 aliphatic heterocycles. The number of nitrogens with zero attached hydrogens (tertiary/aromatic N) is 1. The van der Waals surface area contributed by atoms with E-state index in [1.54, 1.807) is 0 Å². The van der Waals surface area contributed by atoms with Crippen molar-refractivity contribution in [1.82, 2.24) is 4.90 Å². The van der Waals surface area contributed by atoms with Gasteiger partial charge < -0.3 is 0 Å². The molecular formula is C12H19N. The molecule has 0 N–H and O–H groups in total. The summed E-state index contributed by atoms with van der Waals surface area (Å²) < 4.78 is 0. The maximum Gasteiger partial charge on any atom is 0.0609 e. The second-order valence-electron chi connectivity index (χ2n) is 2.92. The highest BCUT2D eigenvalue weighted by molar-refractivity contribution is 5.02. The van der Waals surface area contributed by atoms with Gasteiger partial charge in [-0.3, -0.25) is 4.90 Å². The van der Waals surface area contributed by atoms with E-state index in [1.165, 1.54) is 12.8 Å². The van der Waals surface area contributed by atoms with Crippen molar-refractivity contribution in [2.75, 3.05) is 19.6 Å². The Morgan fingerprint density at radius 1 is 1.00 bits per heavy atom. The molecule has 0 saturated carbocycles. The van der Waals surface area contributed by atoms with E-state index in [0.717, 1.165) is 19.6 Å². The van der Waals surface area contributed by atoms with Gasteiger partial charge in [0.2, 0.25) is 0 Å². The Labute approximate surface area is 82.5 Å². The van der Waals surface area contributed by atoms with Gasteiger partial charge in [-0.1, -0.05) is 25.2 Å². The van der Waals surface area contributed by atoms with E-state index < -0.39 is 0 Å². The van der Waals surface area contributed by atoms with E-state index in [9.17, 15) is 0 Å². The smallest absolute Gasteiger partial charge is 0.0609 e. The van der Waals surface area contributed by atoms with Crippen molar-refractivity contribution in [2.45, 2.75) is 33.6 Å². The Morgan fingerprint density at radius 2 is 1.54 bits per heavy atom. The third-order valence-corrected chi connectivity index (χ3v) is 1.79. The summed E-state index contributed by atoms with van der Waals surface area (Å²) in [6.45, 7) is 8.78. The van der Waals surface area contributed by atoms with Crippen LogP contribution < -0.4 is 0 Å². The molecule has 0 aromatic heterocycles. The lowest BCUT2D eigenvalue weighted by Crippen LogP contribution is -2.25. The molecule has 0 bridgehead atoms. The van der Waals surface area contributed by atoms with Gasteiger partial charge in [-0.05, 0) is 20.3 Å². The summed E-state index contributed by atoms with van der Waals surface area (Å²) in [6.07, 6.45) is 2.46. The monoisotopic (exact) mass is 177 g/mol. The maximum atomic E-state index is 3.07. The summed E-state index contributed by atoms with van der Waals surface area (Å²) in [5.41, 5.74) is 0. The van der Waals surface area contributed by atoms with Gasteiger partial charge in [0.05, 0.1) is 13.1 Å². The minimum Gasteiger partial charge on any atom is -0.281 e. The van der Waals surface area contributed by atoms with Crippen LogP contribution in [0.4, 0.5) is 0 Å². The van der Waals surface area contributed by atoms with E-state index >= 15 is 0 Å². The van der Waals surface area contributed by atoms with Gasteiger partial charge in [0, 0.05) is 6.54 Å². The van der Waals surface area contributed by atoms with E-state index in [2.05, 4.69) is 35.5 Å². The van der Waals surface area contributed by atoms with E-state index in [-0.39, 0.29) is 0 Å². The summed E-state index contributed by atoms with van der Waals surface area (Å²) in [4.78, 5) is 2.29. The van der Waals surface area contributed by atoms with Crippen molar-refractivity contribution in [2.24, 2.45) is 0 Å². The molecule has 1 heteroatoms. The largest absolute Gasteiger partial charge is 0.281 e. The van der Waals surface area contributed by atoms with E-state index in [1.807, 2.05) is 13.8 Å². The van der Waals surface area contributed by atoms with Crippen LogP contribution in [-0.2, 0) is 0 Å². The third-order valence-electron chi connectivity index (χ3n) is 1.79. The Bertz CT molecular complexity index is 199. The van der Waals surface area contributed by atoms with E-state index in [0.29, 0.717) is 0 Å². The second-order valence-corrected chi connectivity index (χ2v) is 2.92. The van der Waals surface area contributed by atoms with Gasteiger partial charge in [-0.15, -0.1) is 11.8 Å². The number of unbranched alkanes of at least 4 members (excludes halogenated alkanes) is 1. The normalized spacial score (nSPS) is 8.62. The first-order chi connectivity index (χ1) is 6.35. The van der Waals surface area contributed by atoms with Gasteiger partial charge in [0.25, 0.3) is 0 Å². The van der Waals surface area contributed by atoms with Crippen LogP contribution in [-0.4, -0.2) is 24.5 Å². The minimum atomic E-state index is 0.852. The third kappa shape index (κ3) is 7.44. The summed E-state index contributed by atoms with van der Waals surface area (Å²) in [6, 6.07) is 0. The summed E-state index contributed by atoms with van der Waals surface area (Å²) in [5.74, 6) is 12.0. The highest BCUT2D eigenvalue weighted by Gasteiger charge is 1.98. The van der Waals surface area contributed by atoms with Crippen LogP contribution in [0.3, 0.4) is 0 Å². The molecule has 1 nitrogen and oxygen atoms in total. The topological polar surface area (TPSA) is 3.24 Å². The van der Waals surface area contributed by atoms with Crippen LogP contribution >= 0.6 is 0 Å². The van der Waals surface area contributed by atoms with Crippen molar-refractivity contribution in [1.29, 1.82) is 0 Å². The summed E-state index contributed by atoms with van der Waals surface area (Å²) in [5, 5.41) is 0. The molecule has 0 aliphatic rings. The molecule has 13 heavy (non-hydrogen) atoms. The molecule has 0 rings (SSSR count). The number of hydrogen-bond acceptors (Lipinski definition) is 1. The molecule has 0 atom stereocenters. The van der Waals surface area contributed by atoms with Gasteiger partial charge in [0.1, 0.15) is 0 Å². The Kier molecular flexibility index (Phi) is 8.52. The fourth-order valence-corrected chi connectivity index (χ4v) is 0.977. The second kappa shape index (κ2) is 9.17. The van der Waals surface area contributed by atoms with Crippen molar-refractivity contribution in [3.05, 3.63) is 0 Å². The number of rotatable bonds is 5. The van der Waals surface area contributed by atoms with Gasteiger partial charge in [-0.2, -0.15) is 0 Å². The summed E-state index contributed by atoms with van der Waals surface area (Å²) >= 11 is 0. The number of hydrogen-bond donors (Lipinski definition) is 0. The lowest BCUT2D eigenvalue weighted by atomic mass is 10.3. The maximum absolute atomic E-state index is 3.07. The van der Waals surface area contributed by atoms with Crippen LogP contribution in [0.15, 0.2) is 0 Å². The lowest BCUT2D eigenvalue weighted by Gasteiger charge is -2.15. The van der Waals surface area contributed by atoms with Crippen LogP contribution in [0.2, 0.25) is 0 Å². The van der Waals surface area contributed by atoms with Crippen LogP contribution in [0.1, 0.15) is 33.6 Å². The lowest BCUT2D eigenvalue weighted by molar-refractivity contribution is 0.338. The zero-order chi connectivity index (χ0) is 9.94. The van der Waals surface area contributed by atoms with Gasteiger partial charge in [0.15, 0.2) is 0 Å². The van der Waals surface area contributed by atoms with Crippen molar-refractivity contribution >= 4 is 0 Å². The predicted molar refractivity (Wildman–Crippen MR) is 58.2 cm³/mol. The fourth-order valence-electron chi connectivity index (χ4n) is 0.977. The van der Waals surface area contributed by atoms with Crippen molar-refractivity contribution in [3.63, 3.8) is 0 Å². The summed E-state index contributed by atoms with van der Waals surface area (Å²) in [7, 11) is 0. The predicted octanol–water partition coefficient (Wildman–Crippen LogP) is 2.14. The molecule has 0 radical (unpaired) electrons. The molecule has 0 fully saturated rings. The van der Waals surface area contributed by atoms with Crippen LogP contribution in [0.25, 0.3) is 0 Å². The minimum absolute atomic E-state index is 0.852. The molecule has 0 unspecified atom stereocenters. The molecule has 0 aliphatic carbocycles. The molecule has 0 heterocycles. The Morgan fingerprint density at radius 3 is 1.92 bits per heavy atom. The molecular weight excluding hydrogens is 158 g/mol. The first kappa shape index (κ1) is 12.1. The average molecular weight is 177 g/mol. The molecule has 0 amide bonds. The Balaban J connectivity index is 3.81. The SMILES string of the molecule is CC#CCN(CC#CC)CCCC.